The van der Waals surface area contributed by atoms with Crippen LogP contribution in [0.1, 0.15) is 32.3 Å². The lowest BCUT2D eigenvalue weighted by molar-refractivity contribution is 0.00487. The number of nitrogens with two attached hydrogens (primary N) is 1. The Morgan fingerprint density at radius 3 is 2.65 bits per heavy atom. The summed E-state index contributed by atoms with van der Waals surface area (Å²) in [6, 6.07) is 4.68. The fourth-order valence-corrected chi connectivity index (χ4v) is 3.87. The van der Waals surface area contributed by atoms with Crippen molar-refractivity contribution in [2.75, 3.05) is 31.9 Å². The van der Waals surface area contributed by atoms with Crippen LogP contribution in [0.5, 0.6) is 5.75 Å². The second-order valence-electron chi connectivity index (χ2n) is 8.74. The number of aliphatic imine (C=N–C) groups is 1. The van der Waals surface area contributed by atoms with Gasteiger partial charge in [-0.15, -0.1) is 0 Å². The smallest absolute Gasteiger partial charge is 0.253 e. The maximum atomic E-state index is 13.0. The van der Waals surface area contributed by atoms with E-state index in [4.69, 9.17) is 15.9 Å². The average Bonchev–Trinajstić information content (AvgIpc) is 3.50. The number of rotatable bonds is 7. The summed E-state index contributed by atoms with van der Waals surface area (Å²) < 4.78 is 32.0. The molecule has 2 heterocycles. The average molecular weight is 433 g/mol. The number of nitrogen functional groups attached to an aromatic ring is 1. The zero-order chi connectivity index (χ0) is 22.2. The number of halogens is 2. The first kappa shape index (κ1) is 21.7. The predicted octanol–water partition coefficient (Wildman–Crippen LogP) is 2.68. The van der Waals surface area contributed by atoms with E-state index in [1.807, 2.05) is 23.1 Å². The number of allylic oxidation sites excluding steroid dienone is 1. The third-order valence-electron chi connectivity index (χ3n) is 6.31. The van der Waals surface area contributed by atoms with Gasteiger partial charge in [0.15, 0.2) is 0 Å². The van der Waals surface area contributed by atoms with E-state index >= 15 is 0 Å². The molecule has 0 aromatic heterocycles. The monoisotopic (exact) mass is 432 g/mol. The number of anilines is 1. The number of hydrogen-bond donors (Lipinski definition) is 3. The van der Waals surface area contributed by atoms with Crippen molar-refractivity contribution in [3.63, 3.8) is 0 Å². The zero-order valence-electron chi connectivity index (χ0n) is 17.9. The minimum absolute atomic E-state index is 0.111. The van der Waals surface area contributed by atoms with E-state index in [9.17, 15) is 8.78 Å². The van der Waals surface area contributed by atoms with Crippen LogP contribution in [0, 0.1) is 5.41 Å². The van der Waals surface area contributed by atoms with Gasteiger partial charge in [-0.2, -0.15) is 0 Å². The molecule has 1 aromatic rings. The molecule has 31 heavy (non-hydrogen) atoms. The maximum absolute atomic E-state index is 13.0. The molecule has 1 saturated heterocycles. The van der Waals surface area contributed by atoms with Crippen LogP contribution in [-0.2, 0) is 0 Å². The van der Waals surface area contributed by atoms with E-state index in [1.165, 1.54) is 0 Å². The zero-order valence-corrected chi connectivity index (χ0v) is 17.9. The molecule has 2 fully saturated rings. The van der Waals surface area contributed by atoms with E-state index < -0.39 is 12.5 Å². The molecule has 9 heteroatoms. The second-order valence-corrected chi connectivity index (χ2v) is 8.74. The SMILES string of the molecule is CC(C(F)F)N1CCN(C2C=C(C(=N)c3cc(OC4(C)CC4)ccc3N)NC=N2)CC1. The molecule has 1 saturated carbocycles. The Morgan fingerprint density at radius 1 is 1.29 bits per heavy atom. The van der Waals surface area contributed by atoms with Crippen LogP contribution in [0.4, 0.5) is 14.5 Å². The van der Waals surface area contributed by atoms with E-state index in [2.05, 4.69) is 22.1 Å². The highest BCUT2D eigenvalue weighted by molar-refractivity contribution is 6.14. The Hall–Kier alpha value is -2.52. The van der Waals surface area contributed by atoms with Crippen LogP contribution in [0.25, 0.3) is 0 Å². The fourth-order valence-electron chi connectivity index (χ4n) is 3.87. The van der Waals surface area contributed by atoms with Crippen LogP contribution >= 0.6 is 0 Å². The third kappa shape index (κ3) is 4.88. The Balaban J connectivity index is 1.44. The van der Waals surface area contributed by atoms with Crippen molar-refractivity contribution >= 4 is 17.7 Å². The third-order valence-corrected chi connectivity index (χ3v) is 6.31. The van der Waals surface area contributed by atoms with Crippen LogP contribution in [0.2, 0.25) is 0 Å². The number of ether oxygens (including phenoxy) is 1. The summed E-state index contributed by atoms with van der Waals surface area (Å²) in [4.78, 5) is 8.42. The summed E-state index contributed by atoms with van der Waals surface area (Å²) in [5.41, 5.74) is 8.04. The van der Waals surface area contributed by atoms with Crippen LogP contribution in [0.3, 0.4) is 0 Å². The standard InChI is InChI=1S/C22H30F2N6O/c1-14(21(23)24)29-7-9-30(10-8-29)19-12-18(27-13-28-19)20(26)16-11-15(3-4-17(16)25)31-22(2)5-6-22/h3-4,11-14,19,21,26H,5-10,25H2,1-2H3,(H,27,28). The van der Waals surface area contributed by atoms with Gasteiger partial charge in [0.1, 0.15) is 17.5 Å². The van der Waals surface area contributed by atoms with Gasteiger partial charge in [0, 0.05) is 37.4 Å². The molecule has 0 spiro atoms. The number of alkyl halides is 2. The highest BCUT2D eigenvalue weighted by atomic mass is 19.3. The first-order valence-electron chi connectivity index (χ1n) is 10.7. The quantitative estimate of drug-likeness (QED) is 0.455. The van der Waals surface area contributed by atoms with E-state index in [-0.39, 0.29) is 17.5 Å². The summed E-state index contributed by atoms with van der Waals surface area (Å²) >= 11 is 0. The van der Waals surface area contributed by atoms with Gasteiger partial charge >= 0.3 is 0 Å². The molecule has 1 aromatic carbocycles. The van der Waals surface area contributed by atoms with E-state index in [1.54, 1.807) is 19.3 Å². The Kier molecular flexibility index (Phi) is 5.98. The topological polar surface area (TPSA) is 90.0 Å². The molecule has 168 valence electrons. The van der Waals surface area contributed by atoms with Gasteiger partial charge in [0.05, 0.1) is 23.8 Å². The molecule has 4 N–H and O–H groups in total. The summed E-state index contributed by atoms with van der Waals surface area (Å²) in [6.07, 6.45) is 2.94. The van der Waals surface area contributed by atoms with Gasteiger partial charge in [0.25, 0.3) is 6.43 Å². The Labute approximate surface area is 181 Å². The number of nitrogens with one attached hydrogen (secondary N) is 2. The lowest BCUT2D eigenvalue weighted by Gasteiger charge is -2.40. The Morgan fingerprint density at radius 2 is 2.00 bits per heavy atom. The van der Waals surface area contributed by atoms with Crippen molar-refractivity contribution in [3.8, 4) is 5.75 Å². The predicted molar refractivity (Wildman–Crippen MR) is 118 cm³/mol. The lowest BCUT2D eigenvalue weighted by atomic mass is 10.0. The summed E-state index contributed by atoms with van der Waals surface area (Å²) in [6.45, 7) is 6.05. The van der Waals surface area contributed by atoms with Crippen LogP contribution in [-0.4, -0.2) is 72.3 Å². The molecule has 2 unspecified atom stereocenters. The summed E-state index contributed by atoms with van der Waals surface area (Å²) in [7, 11) is 0. The first-order chi connectivity index (χ1) is 14.8. The van der Waals surface area contributed by atoms with Crippen molar-refractivity contribution in [1.29, 1.82) is 5.41 Å². The van der Waals surface area contributed by atoms with Crippen LogP contribution < -0.4 is 15.8 Å². The van der Waals surface area contributed by atoms with Crippen molar-refractivity contribution in [2.24, 2.45) is 4.99 Å². The van der Waals surface area contributed by atoms with Gasteiger partial charge in [-0.25, -0.2) is 8.78 Å². The molecule has 3 aliphatic rings. The molecular weight excluding hydrogens is 402 g/mol. The summed E-state index contributed by atoms with van der Waals surface area (Å²) in [5.74, 6) is 0.708. The van der Waals surface area contributed by atoms with E-state index in [0.717, 1.165) is 12.8 Å². The first-order valence-corrected chi connectivity index (χ1v) is 10.7. The minimum Gasteiger partial charge on any atom is -0.488 e. The fraction of sp³-hybridized carbons (Fsp3) is 0.545. The highest BCUT2D eigenvalue weighted by Crippen LogP contribution is 2.40. The van der Waals surface area contributed by atoms with Crippen LogP contribution in [0.15, 0.2) is 35.0 Å². The number of hydrogen-bond acceptors (Lipinski definition) is 7. The largest absolute Gasteiger partial charge is 0.488 e. The highest BCUT2D eigenvalue weighted by Gasteiger charge is 2.40. The van der Waals surface area contributed by atoms with Crippen molar-refractivity contribution in [1.82, 2.24) is 15.1 Å². The van der Waals surface area contributed by atoms with Gasteiger partial charge in [-0.05, 0) is 51.0 Å². The summed E-state index contributed by atoms with van der Waals surface area (Å²) in [5, 5.41) is 11.8. The molecular formula is C22H30F2N6O. The minimum atomic E-state index is -2.34. The number of nitrogens with zero attached hydrogens (tertiary/aromatic N) is 3. The van der Waals surface area contributed by atoms with E-state index in [0.29, 0.717) is 48.9 Å². The number of piperazine rings is 1. The molecule has 0 bridgehead atoms. The van der Waals surface area contributed by atoms with Gasteiger partial charge in [-0.1, -0.05) is 0 Å². The normalized spacial score (nSPS) is 24.4. The van der Waals surface area contributed by atoms with Gasteiger partial charge in [0.2, 0.25) is 0 Å². The van der Waals surface area contributed by atoms with Crippen molar-refractivity contribution in [3.05, 3.63) is 35.5 Å². The van der Waals surface area contributed by atoms with Crippen molar-refractivity contribution < 1.29 is 13.5 Å². The maximum Gasteiger partial charge on any atom is 0.253 e. The molecule has 0 amide bonds. The molecule has 1 aliphatic carbocycles. The lowest BCUT2D eigenvalue weighted by Crippen LogP contribution is -2.54. The van der Waals surface area contributed by atoms with Gasteiger partial charge < -0.3 is 15.8 Å². The molecule has 7 nitrogen and oxygen atoms in total. The van der Waals surface area contributed by atoms with Crippen molar-refractivity contribution in [2.45, 2.75) is 50.9 Å². The van der Waals surface area contributed by atoms with Gasteiger partial charge in [-0.3, -0.25) is 20.2 Å². The molecule has 2 aliphatic heterocycles. The number of benzene rings is 1. The molecule has 4 rings (SSSR count). The molecule has 0 radical (unpaired) electrons. The molecule has 2 atom stereocenters. The second kappa shape index (κ2) is 8.55. The Bertz CT molecular complexity index is 890.